The van der Waals surface area contributed by atoms with Crippen LogP contribution in [0.25, 0.3) is 0 Å². The average Bonchev–Trinajstić information content (AvgIpc) is 3.07. The van der Waals surface area contributed by atoms with Crippen LogP contribution in [-0.4, -0.2) is 51.1 Å². The second kappa shape index (κ2) is 6.81. The number of carbonyl (C=O) groups is 1. The summed E-state index contributed by atoms with van der Waals surface area (Å²) in [6.07, 6.45) is 7.38. The van der Waals surface area contributed by atoms with Crippen LogP contribution in [0.4, 0.5) is 0 Å². The summed E-state index contributed by atoms with van der Waals surface area (Å²) in [5, 5.41) is 11.5. The number of β-amino-alcohol motifs (C(OH)–C–C–N with tert-alkyl or cyclic N) is 1. The van der Waals surface area contributed by atoms with E-state index in [-0.39, 0.29) is 5.91 Å². The molecule has 0 bridgehead atoms. The minimum absolute atomic E-state index is 0.246. The van der Waals surface area contributed by atoms with Gasteiger partial charge in [0.2, 0.25) is 5.91 Å². The Morgan fingerprint density at radius 1 is 1.19 bits per heavy atom. The second-order valence-electron chi connectivity index (χ2n) is 8.73. The Morgan fingerprint density at radius 3 is 2.58 bits per heavy atom. The number of benzene rings is 1. The Bertz CT molecular complexity index is 669. The third-order valence-electron chi connectivity index (χ3n) is 6.54. The fraction of sp³-hybridized carbons (Fsp3) is 0.667. The first-order valence-corrected chi connectivity index (χ1v) is 10.3. The van der Waals surface area contributed by atoms with Crippen LogP contribution >= 0.6 is 11.6 Å². The molecule has 1 saturated carbocycles. The van der Waals surface area contributed by atoms with Crippen molar-refractivity contribution in [2.75, 3.05) is 13.1 Å². The predicted molar refractivity (Wildman–Crippen MR) is 103 cm³/mol. The van der Waals surface area contributed by atoms with Crippen molar-refractivity contribution < 1.29 is 9.90 Å². The highest BCUT2D eigenvalue weighted by atomic mass is 35.5. The Morgan fingerprint density at radius 2 is 1.88 bits per heavy atom. The van der Waals surface area contributed by atoms with Gasteiger partial charge in [0, 0.05) is 37.1 Å². The quantitative estimate of drug-likeness (QED) is 0.876. The minimum Gasteiger partial charge on any atom is -0.389 e. The highest BCUT2D eigenvalue weighted by Crippen LogP contribution is 2.45. The Labute approximate surface area is 161 Å². The van der Waals surface area contributed by atoms with E-state index in [1.165, 1.54) is 19.3 Å². The normalized spacial score (nSPS) is 33.5. The number of halogens is 1. The van der Waals surface area contributed by atoms with Gasteiger partial charge < -0.3 is 10.0 Å². The van der Waals surface area contributed by atoms with E-state index in [0.29, 0.717) is 25.6 Å². The molecule has 1 N–H and O–H groups in total. The van der Waals surface area contributed by atoms with E-state index in [4.69, 9.17) is 11.6 Å². The lowest BCUT2D eigenvalue weighted by atomic mass is 9.88. The molecule has 5 heteroatoms. The Balaban J connectivity index is 1.57. The Hall–Kier alpha value is -1.10. The van der Waals surface area contributed by atoms with Gasteiger partial charge in [-0.05, 0) is 43.9 Å². The van der Waals surface area contributed by atoms with Gasteiger partial charge in [0.25, 0.3) is 0 Å². The number of aliphatic hydroxyl groups is 1. The molecule has 2 saturated heterocycles. The van der Waals surface area contributed by atoms with Crippen molar-refractivity contribution in [2.45, 2.75) is 75.6 Å². The third kappa shape index (κ3) is 3.28. The van der Waals surface area contributed by atoms with Crippen molar-refractivity contribution in [3.63, 3.8) is 0 Å². The zero-order valence-corrected chi connectivity index (χ0v) is 16.3. The molecule has 0 aromatic heterocycles. The van der Waals surface area contributed by atoms with Gasteiger partial charge >= 0.3 is 0 Å². The zero-order valence-electron chi connectivity index (χ0n) is 15.6. The van der Waals surface area contributed by atoms with Crippen LogP contribution in [0.2, 0.25) is 5.02 Å². The molecule has 4 nitrogen and oxygen atoms in total. The summed E-state index contributed by atoms with van der Waals surface area (Å²) in [6, 6.07) is 8.21. The van der Waals surface area contributed by atoms with Crippen molar-refractivity contribution in [3.8, 4) is 0 Å². The summed E-state index contributed by atoms with van der Waals surface area (Å²) in [6.45, 7) is 3.92. The standard InChI is InChI=1S/C21H29ClN2O2/c1-20(26)14-21(23(15-20)13-16-7-9-17(22)10-8-16)11-12-24(19(21)25)18-5-3-2-4-6-18/h7-10,18,26H,2-6,11-15H2,1H3. The maximum absolute atomic E-state index is 13.5. The fourth-order valence-electron chi connectivity index (χ4n) is 5.36. The molecule has 2 unspecified atom stereocenters. The molecule has 3 aliphatic rings. The molecule has 2 atom stereocenters. The fourth-order valence-corrected chi connectivity index (χ4v) is 5.48. The van der Waals surface area contributed by atoms with Crippen molar-refractivity contribution in [2.24, 2.45) is 0 Å². The van der Waals surface area contributed by atoms with Gasteiger partial charge in [0.05, 0.1) is 5.60 Å². The predicted octanol–water partition coefficient (Wildman–Crippen LogP) is 3.60. The van der Waals surface area contributed by atoms with Crippen LogP contribution in [-0.2, 0) is 11.3 Å². The van der Waals surface area contributed by atoms with Crippen LogP contribution in [0.15, 0.2) is 24.3 Å². The molecule has 1 amide bonds. The molecule has 1 spiro atoms. The van der Waals surface area contributed by atoms with Crippen LogP contribution < -0.4 is 0 Å². The second-order valence-corrected chi connectivity index (χ2v) is 9.16. The van der Waals surface area contributed by atoms with Crippen molar-refractivity contribution in [1.29, 1.82) is 0 Å². The van der Waals surface area contributed by atoms with Gasteiger partial charge in [0.15, 0.2) is 0 Å². The smallest absolute Gasteiger partial charge is 0.243 e. The summed E-state index contributed by atoms with van der Waals surface area (Å²) >= 11 is 6.01. The number of nitrogens with zero attached hydrogens (tertiary/aromatic N) is 2. The maximum Gasteiger partial charge on any atom is 0.243 e. The van der Waals surface area contributed by atoms with Gasteiger partial charge in [-0.2, -0.15) is 0 Å². The van der Waals surface area contributed by atoms with E-state index >= 15 is 0 Å². The summed E-state index contributed by atoms with van der Waals surface area (Å²) in [5.74, 6) is 0.246. The lowest BCUT2D eigenvalue weighted by Gasteiger charge is -2.36. The first kappa shape index (κ1) is 18.3. The lowest BCUT2D eigenvalue weighted by Crippen LogP contribution is -2.51. The zero-order chi connectivity index (χ0) is 18.4. The molecule has 0 radical (unpaired) electrons. The highest BCUT2D eigenvalue weighted by Gasteiger charge is 2.59. The van der Waals surface area contributed by atoms with Gasteiger partial charge in [-0.3, -0.25) is 9.69 Å². The van der Waals surface area contributed by atoms with E-state index in [9.17, 15) is 9.90 Å². The van der Waals surface area contributed by atoms with E-state index in [0.717, 1.165) is 36.4 Å². The topological polar surface area (TPSA) is 43.8 Å². The summed E-state index contributed by atoms with van der Waals surface area (Å²) in [7, 11) is 0. The summed E-state index contributed by atoms with van der Waals surface area (Å²) in [4.78, 5) is 17.9. The van der Waals surface area contributed by atoms with Crippen molar-refractivity contribution in [1.82, 2.24) is 9.80 Å². The summed E-state index contributed by atoms with van der Waals surface area (Å²) < 4.78 is 0. The van der Waals surface area contributed by atoms with E-state index in [1.807, 2.05) is 31.2 Å². The van der Waals surface area contributed by atoms with E-state index in [2.05, 4.69) is 9.80 Å². The minimum atomic E-state index is -0.815. The molecular weight excluding hydrogens is 348 g/mol. The first-order chi connectivity index (χ1) is 12.4. The first-order valence-electron chi connectivity index (χ1n) is 9.93. The molecule has 1 aliphatic carbocycles. The summed E-state index contributed by atoms with van der Waals surface area (Å²) in [5.41, 5.74) is -0.221. The SMILES string of the molecule is CC1(O)CN(Cc2ccc(Cl)cc2)C2(CCN(C3CCCCC3)C2=O)C1. The van der Waals surface area contributed by atoms with E-state index < -0.39 is 11.1 Å². The Kier molecular flexibility index (Phi) is 4.79. The number of rotatable bonds is 3. The van der Waals surface area contributed by atoms with Crippen molar-refractivity contribution in [3.05, 3.63) is 34.9 Å². The molecule has 3 fully saturated rings. The molecule has 26 heavy (non-hydrogen) atoms. The third-order valence-corrected chi connectivity index (χ3v) is 6.79. The number of carbonyl (C=O) groups excluding carboxylic acids is 1. The molecule has 4 rings (SSSR count). The van der Waals surface area contributed by atoms with Crippen LogP contribution in [0, 0.1) is 0 Å². The molecular formula is C21H29ClN2O2. The van der Waals surface area contributed by atoms with Crippen molar-refractivity contribution >= 4 is 17.5 Å². The monoisotopic (exact) mass is 376 g/mol. The maximum atomic E-state index is 13.5. The molecule has 2 aliphatic heterocycles. The highest BCUT2D eigenvalue weighted by molar-refractivity contribution is 6.30. The van der Waals surface area contributed by atoms with Crippen LogP contribution in [0.5, 0.6) is 0 Å². The number of hydrogen-bond donors (Lipinski definition) is 1. The average molecular weight is 377 g/mol. The molecule has 142 valence electrons. The van der Waals surface area contributed by atoms with Gasteiger partial charge in [0.1, 0.15) is 5.54 Å². The van der Waals surface area contributed by atoms with Crippen LogP contribution in [0.3, 0.4) is 0 Å². The molecule has 1 aromatic carbocycles. The number of hydrogen-bond acceptors (Lipinski definition) is 3. The molecule has 1 aromatic rings. The van der Waals surface area contributed by atoms with Gasteiger partial charge in [-0.1, -0.05) is 43.0 Å². The lowest BCUT2D eigenvalue weighted by molar-refractivity contribution is -0.139. The van der Waals surface area contributed by atoms with Gasteiger partial charge in [-0.15, -0.1) is 0 Å². The largest absolute Gasteiger partial charge is 0.389 e. The number of amides is 1. The molecule has 2 heterocycles. The van der Waals surface area contributed by atoms with Crippen LogP contribution in [0.1, 0.15) is 57.4 Å². The number of likely N-dealkylation sites (tertiary alicyclic amines) is 2. The van der Waals surface area contributed by atoms with Gasteiger partial charge in [-0.25, -0.2) is 0 Å². The van der Waals surface area contributed by atoms with E-state index in [1.54, 1.807) is 0 Å².